The molecule has 0 fully saturated rings. The molecule has 0 saturated heterocycles. The van der Waals surface area contributed by atoms with Gasteiger partial charge in [0.15, 0.2) is 5.69 Å². The minimum absolute atomic E-state index is 0. The van der Waals surface area contributed by atoms with E-state index in [4.69, 9.17) is 29.9 Å². The Morgan fingerprint density at radius 2 is 0.927 bits per heavy atom. The number of rotatable bonds is 3. The molecule has 0 aliphatic carbocycles. The van der Waals surface area contributed by atoms with Crippen molar-refractivity contribution in [3.05, 3.63) is 160 Å². The van der Waals surface area contributed by atoms with E-state index >= 15 is 0 Å². The molecule has 280 valence electrons. The minimum atomic E-state index is -0.437. The second kappa shape index (κ2) is 32.5. The molecule has 10 nitrogen and oxygen atoms in total. The van der Waals surface area contributed by atoms with E-state index in [0.29, 0.717) is 0 Å². The monoisotopic (exact) mass is 843 g/mol. The number of nitro groups is 1. The smallest absolute Gasteiger partial charge is 0.519 e. The van der Waals surface area contributed by atoms with Gasteiger partial charge in [-0.3, -0.25) is 10.1 Å². The largest absolute Gasteiger partial charge is 1.00 e. The van der Waals surface area contributed by atoms with Crippen molar-refractivity contribution in [2.24, 2.45) is 0 Å². The van der Waals surface area contributed by atoms with Crippen LogP contribution >= 0.6 is 11.6 Å². The van der Waals surface area contributed by atoms with Gasteiger partial charge in [0.2, 0.25) is 0 Å². The van der Waals surface area contributed by atoms with E-state index in [0.717, 1.165) is 34.7 Å². The van der Waals surface area contributed by atoms with E-state index in [-0.39, 0.29) is 176 Å². The van der Waals surface area contributed by atoms with Crippen molar-refractivity contribution in [2.45, 2.75) is 85.5 Å². The zero-order valence-electron chi connectivity index (χ0n) is 34.5. The Hall–Kier alpha value is -0.311. The molecule has 14 heteroatoms. The molecule has 3 aromatic carbocycles. The predicted molar refractivity (Wildman–Crippen MR) is 201 cm³/mol. The third-order valence-electron chi connectivity index (χ3n) is 5.98. The number of nitro benzene ring substituents is 1. The van der Waals surface area contributed by atoms with Crippen LogP contribution in [0.1, 0.15) is 86.5 Å². The Morgan fingerprint density at radius 3 is 1.11 bits per heavy atom. The summed E-state index contributed by atoms with van der Waals surface area (Å²) in [6.45, 7) is 21.3. The molecule has 0 aliphatic rings. The maximum absolute atomic E-state index is 9.99. The van der Waals surface area contributed by atoms with Crippen molar-refractivity contribution in [1.82, 2.24) is 15.5 Å². The zero-order chi connectivity index (χ0) is 39.0. The van der Waals surface area contributed by atoms with Gasteiger partial charge in [-0.15, -0.1) is 42.3 Å². The second-order valence-corrected chi connectivity index (χ2v) is 14.0. The van der Waals surface area contributed by atoms with Crippen molar-refractivity contribution in [1.29, 1.82) is 0 Å². The zero-order valence-corrected chi connectivity index (χ0v) is 44.6. The fourth-order valence-corrected chi connectivity index (χ4v) is 3.25. The van der Waals surface area contributed by atoms with Crippen LogP contribution in [0.2, 0.25) is 5.02 Å². The minimum Gasteiger partial charge on any atom is -0.519 e. The van der Waals surface area contributed by atoms with Crippen molar-refractivity contribution < 1.29 is 177 Å². The molecule has 0 saturated carbocycles. The predicted octanol–water partition coefficient (Wildman–Crippen LogP) is 1.75. The van der Waals surface area contributed by atoms with Crippen molar-refractivity contribution >= 4 is 17.3 Å². The molecule has 6 aromatic rings. The summed E-state index contributed by atoms with van der Waals surface area (Å²) in [7, 11) is 0. The first-order valence-electron chi connectivity index (χ1n) is 16.3. The van der Waals surface area contributed by atoms with Crippen LogP contribution in [0.5, 0.6) is 5.75 Å². The standard InChI is InChI=1S/C8H9O.3C7H10NO.C6H4Cl.C6H4NO2.3K/c1-2-9-8-6-4-3-5-7-8;3*1-7(2,3)6-4-5-8-9-6;7-6-4-2-1-3-5-6;8-7(9)6-4-2-1-3-5-6;;;/h4-7H,2H2,1H3;3*4H,1-3H3;2-5H;2-5H;;;/q6*-1;3*+1. The molecule has 0 radical (unpaired) electrons. The fraction of sp³-hybridized carbons (Fsp3) is 0.341. The van der Waals surface area contributed by atoms with Gasteiger partial charge >= 0.3 is 154 Å². The van der Waals surface area contributed by atoms with Crippen LogP contribution in [-0.2, 0) is 16.2 Å². The average molecular weight is 845 g/mol. The van der Waals surface area contributed by atoms with Gasteiger partial charge in [-0.1, -0.05) is 79.5 Å². The molecule has 3 heterocycles. The molecule has 3 aromatic heterocycles. The summed E-state index contributed by atoms with van der Waals surface area (Å²) in [5.74, 6) is 3.55. The van der Waals surface area contributed by atoms with E-state index in [1.54, 1.807) is 42.5 Å². The summed E-state index contributed by atoms with van der Waals surface area (Å²) in [5, 5.41) is 21.2. The Morgan fingerprint density at radius 1 is 0.618 bits per heavy atom. The number of aromatic nitrogens is 3. The van der Waals surface area contributed by atoms with E-state index in [1.807, 2.05) is 31.2 Å². The van der Waals surface area contributed by atoms with Crippen molar-refractivity contribution in [3.63, 3.8) is 0 Å². The first-order valence-corrected chi connectivity index (χ1v) is 16.6. The number of hydrogen-bond acceptors (Lipinski definition) is 9. The number of hydrogen-bond donors (Lipinski definition) is 0. The van der Waals surface area contributed by atoms with Gasteiger partial charge in [-0.25, -0.2) is 15.5 Å². The van der Waals surface area contributed by atoms with Crippen LogP contribution in [-0.4, -0.2) is 27.0 Å². The first-order chi connectivity index (χ1) is 24.4. The Balaban J connectivity index is -0.000000585. The van der Waals surface area contributed by atoms with Crippen LogP contribution in [0.3, 0.4) is 0 Å². The molecular formula is C41H47ClK3N4O6-3. The number of ether oxygens (including phenoxy) is 1. The van der Waals surface area contributed by atoms with Gasteiger partial charge in [0, 0.05) is 10.7 Å². The second-order valence-electron chi connectivity index (χ2n) is 13.6. The molecule has 0 spiro atoms. The van der Waals surface area contributed by atoms with Crippen LogP contribution in [0.25, 0.3) is 0 Å². The number of nitrogens with zero attached hydrogens (tertiary/aromatic N) is 4. The molecule has 0 unspecified atom stereocenters. The summed E-state index contributed by atoms with van der Waals surface area (Å²) in [6, 6.07) is 34.2. The first kappa shape index (κ1) is 59.0. The van der Waals surface area contributed by atoms with E-state index < -0.39 is 4.92 Å². The third kappa shape index (κ3) is 29.5. The molecule has 0 atom stereocenters. The van der Waals surface area contributed by atoms with Gasteiger partial charge in [0.1, 0.15) is 0 Å². The Labute approximate surface area is 460 Å². The van der Waals surface area contributed by atoms with Gasteiger partial charge in [-0.2, -0.15) is 84.9 Å². The summed E-state index contributed by atoms with van der Waals surface area (Å²) in [6.07, 6.45) is 7.86. The molecule has 55 heavy (non-hydrogen) atoms. The van der Waals surface area contributed by atoms with E-state index in [9.17, 15) is 10.1 Å². The maximum atomic E-state index is 9.99. The van der Waals surface area contributed by atoms with Gasteiger partial charge in [0.05, 0.1) is 6.61 Å². The van der Waals surface area contributed by atoms with E-state index in [2.05, 4.69) is 115 Å². The molecule has 0 bridgehead atoms. The van der Waals surface area contributed by atoms with Gasteiger partial charge < -0.3 is 18.3 Å². The molecule has 0 amide bonds. The average Bonchev–Trinajstić information content (AvgIpc) is 3.92. The van der Waals surface area contributed by atoms with Crippen LogP contribution in [0.15, 0.2) is 105 Å². The third-order valence-corrected chi connectivity index (χ3v) is 6.23. The molecule has 6 rings (SSSR count). The normalized spacial score (nSPS) is 9.87. The fourth-order valence-electron chi connectivity index (χ4n) is 3.12. The SMILES string of the molecule is CC(C)(C)c1c[c-]no1.CC(C)(C)c1c[c-]no1.CC(C)(C)c1c[c-]no1.CCOc1cc[c-]cc1.Clc1cc[c-]cc1.O=[N+]([O-])c1cc[c-]cc1.[K+].[K+].[K+]. The number of halogens is 1. The van der Waals surface area contributed by atoms with Crippen molar-refractivity contribution in [2.75, 3.05) is 6.61 Å². The van der Waals surface area contributed by atoms with Crippen LogP contribution < -0.4 is 159 Å². The maximum Gasteiger partial charge on any atom is 1.00 e. The van der Waals surface area contributed by atoms with Crippen LogP contribution in [0.4, 0.5) is 5.69 Å². The van der Waals surface area contributed by atoms with Crippen LogP contribution in [0, 0.1) is 46.9 Å². The van der Waals surface area contributed by atoms with Gasteiger partial charge in [-0.05, 0) is 40.4 Å². The van der Waals surface area contributed by atoms with Gasteiger partial charge in [0.25, 0.3) is 0 Å². The molecule has 0 N–H and O–H groups in total. The summed E-state index contributed by atoms with van der Waals surface area (Å²) < 4.78 is 19.9. The Bertz CT molecular complexity index is 1610. The number of non-ortho nitro benzene ring substituents is 1. The topological polar surface area (TPSA) is 130 Å². The summed E-state index contributed by atoms with van der Waals surface area (Å²) >= 11 is 5.52. The number of benzene rings is 3. The van der Waals surface area contributed by atoms with Crippen molar-refractivity contribution in [3.8, 4) is 5.75 Å². The van der Waals surface area contributed by atoms with E-state index in [1.165, 1.54) is 24.3 Å². The Kier molecular flexibility index (Phi) is 34.9. The summed E-state index contributed by atoms with van der Waals surface area (Å²) in [4.78, 5) is 9.56. The molecular weight excluding hydrogens is 797 g/mol. The summed E-state index contributed by atoms with van der Waals surface area (Å²) in [5.41, 5.74) is 0.293. The quantitative estimate of drug-likeness (QED) is 0.113. The molecule has 0 aliphatic heterocycles.